The summed E-state index contributed by atoms with van der Waals surface area (Å²) < 4.78 is 5.16. The van der Waals surface area contributed by atoms with E-state index in [0.29, 0.717) is 17.5 Å². The Labute approximate surface area is 158 Å². The van der Waals surface area contributed by atoms with Crippen molar-refractivity contribution < 1.29 is 23.9 Å². The highest BCUT2D eigenvalue weighted by molar-refractivity contribution is 6.21. The molecule has 3 amide bonds. The molecule has 0 radical (unpaired) electrons. The number of fused-ring (bicyclic) bond motifs is 1. The molecule has 1 aromatic rings. The zero-order chi connectivity index (χ0) is 19.4. The fourth-order valence-corrected chi connectivity index (χ4v) is 3.52. The van der Waals surface area contributed by atoms with Gasteiger partial charge in [0.15, 0.2) is 6.10 Å². The van der Waals surface area contributed by atoms with Crippen molar-refractivity contribution in [2.24, 2.45) is 0 Å². The number of nitrogens with one attached hydrogen (secondary N) is 1. The van der Waals surface area contributed by atoms with Crippen LogP contribution < -0.4 is 5.32 Å². The van der Waals surface area contributed by atoms with Crippen molar-refractivity contribution in [1.82, 2.24) is 10.2 Å². The van der Waals surface area contributed by atoms with E-state index in [1.807, 2.05) is 0 Å². The van der Waals surface area contributed by atoms with Crippen LogP contribution in [0.25, 0.3) is 0 Å². The van der Waals surface area contributed by atoms with Crippen LogP contribution in [0.1, 0.15) is 66.2 Å². The maximum atomic E-state index is 12.3. The lowest BCUT2D eigenvalue weighted by Crippen LogP contribution is -2.41. The van der Waals surface area contributed by atoms with Crippen LogP contribution in [0.5, 0.6) is 0 Å². The number of benzene rings is 1. The Morgan fingerprint density at radius 3 is 2.33 bits per heavy atom. The molecule has 7 nitrogen and oxygen atoms in total. The topological polar surface area (TPSA) is 92.8 Å². The molecule has 1 unspecified atom stereocenters. The van der Waals surface area contributed by atoms with Crippen LogP contribution in [0, 0.1) is 0 Å². The third-order valence-electron chi connectivity index (χ3n) is 5.02. The second-order valence-electron chi connectivity index (χ2n) is 7.03. The number of hydrogen-bond acceptors (Lipinski definition) is 5. The lowest BCUT2D eigenvalue weighted by atomic mass is 10.1. The second kappa shape index (κ2) is 8.33. The Morgan fingerprint density at radius 1 is 1.15 bits per heavy atom. The van der Waals surface area contributed by atoms with Crippen LogP contribution in [0.4, 0.5) is 0 Å². The quantitative estimate of drug-likeness (QED) is 0.584. The summed E-state index contributed by atoms with van der Waals surface area (Å²) in [6, 6.07) is 6.84. The van der Waals surface area contributed by atoms with Crippen molar-refractivity contribution in [2.45, 2.75) is 57.6 Å². The number of esters is 1. The maximum Gasteiger partial charge on any atom is 0.306 e. The van der Waals surface area contributed by atoms with E-state index in [0.717, 1.165) is 30.6 Å². The van der Waals surface area contributed by atoms with Gasteiger partial charge in [-0.25, -0.2) is 0 Å². The van der Waals surface area contributed by atoms with Crippen molar-refractivity contribution in [2.75, 3.05) is 6.54 Å². The van der Waals surface area contributed by atoms with Crippen LogP contribution in [-0.2, 0) is 14.3 Å². The summed E-state index contributed by atoms with van der Waals surface area (Å²) in [5.41, 5.74) is 0.782. The van der Waals surface area contributed by atoms with Gasteiger partial charge >= 0.3 is 5.97 Å². The SMILES string of the molecule is CC(OC(=O)CCCN1C(=O)c2ccccc2C1=O)C(=O)NC1CCCC1. The number of ether oxygens (including phenoxy) is 1. The molecule has 27 heavy (non-hydrogen) atoms. The monoisotopic (exact) mass is 372 g/mol. The van der Waals surface area contributed by atoms with E-state index < -0.39 is 12.1 Å². The predicted molar refractivity (Wildman–Crippen MR) is 97.0 cm³/mol. The Morgan fingerprint density at radius 2 is 1.74 bits per heavy atom. The summed E-state index contributed by atoms with van der Waals surface area (Å²) in [6.45, 7) is 1.69. The summed E-state index contributed by atoms with van der Waals surface area (Å²) in [6.07, 6.45) is 3.63. The smallest absolute Gasteiger partial charge is 0.306 e. The molecule has 7 heteroatoms. The molecular weight excluding hydrogens is 348 g/mol. The molecule has 1 atom stereocenters. The fraction of sp³-hybridized carbons (Fsp3) is 0.500. The van der Waals surface area contributed by atoms with Gasteiger partial charge in [-0.15, -0.1) is 0 Å². The number of imide groups is 1. The highest BCUT2D eigenvalue weighted by atomic mass is 16.5. The molecule has 1 saturated carbocycles. The highest BCUT2D eigenvalue weighted by Crippen LogP contribution is 2.22. The molecule has 144 valence electrons. The molecule has 1 aliphatic carbocycles. The van der Waals surface area contributed by atoms with E-state index in [1.165, 1.54) is 0 Å². The minimum absolute atomic E-state index is 0.0362. The highest BCUT2D eigenvalue weighted by Gasteiger charge is 2.34. The molecule has 0 bridgehead atoms. The molecule has 0 spiro atoms. The first-order valence-corrected chi connectivity index (χ1v) is 9.42. The Hall–Kier alpha value is -2.70. The average Bonchev–Trinajstić information content (AvgIpc) is 3.24. The third-order valence-corrected chi connectivity index (χ3v) is 5.02. The molecule has 3 rings (SSSR count). The standard InChI is InChI=1S/C20H24N2O5/c1-13(18(24)21-14-7-2-3-8-14)27-17(23)11-6-12-22-19(25)15-9-4-5-10-16(15)20(22)26/h4-5,9-10,13-14H,2-3,6-8,11-12H2,1H3,(H,21,24). The molecule has 0 saturated heterocycles. The number of amides is 3. The van der Waals surface area contributed by atoms with E-state index in [4.69, 9.17) is 4.74 Å². The van der Waals surface area contributed by atoms with Gasteiger partial charge in [0.05, 0.1) is 11.1 Å². The first-order chi connectivity index (χ1) is 13.0. The summed E-state index contributed by atoms with van der Waals surface area (Å²) in [4.78, 5) is 49.7. The first-order valence-electron chi connectivity index (χ1n) is 9.42. The van der Waals surface area contributed by atoms with Gasteiger partial charge in [0.25, 0.3) is 17.7 Å². The molecule has 1 fully saturated rings. The van der Waals surface area contributed by atoms with Crippen LogP contribution in [-0.4, -0.2) is 47.3 Å². The molecule has 1 aromatic carbocycles. The molecule has 1 aliphatic heterocycles. The Balaban J connectivity index is 1.41. The van der Waals surface area contributed by atoms with E-state index in [2.05, 4.69) is 5.32 Å². The largest absolute Gasteiger partial charge is 0.453 e. The van der Waals surface area contributed by atoms with Crippen molar-refractivity contribution >= 4 is 23.7 Å². The summed E-state index contributed by atoms with van der Waals surface area (Å²) >= 11 is 0. The van der Waals surface area contributed by atoms with Crippen molar-refractivity contribution in [1.29, 1.82) is 0 Å². The van der Waals surface area contributed by atoms with E-state index in [1.54, 1.807) is 31.2 Å². The molecular formula is C20H24N2O5. The fourth-order valence-electron chi connectivity index (χ4n) is 3.52. The van der Waals surface area contributed by atoms with Gasteiger partial charge in [0.1, 0.15) is 0 Å². The average molecular weight is 372 g/mol. The minimum atomic E-state index is -0.850. The van der Waals surface area contributed by atoms with Gasteiger partial charge in [0.2, 0.25) is 0 Å². The molecule has 1 heterocycles. The van der Waals surface area contributed by atoms with Crippen LogP contribution in [0.3, 0.4) is 0 Å². The minimum Gasteiger partial charge on any atom is -0.453 e. The van der Waals surface area contributed by atoms with Gasteiger partial charge in [-0.1, -0.05) is 25.0 Å². The van der Waals surface area contributed by atoms with E-state index >= 15 is 0 Å². The summed E-state index contributed by atoms with van der Waals surface area (Å²) in [5.74, 6) is -1.47. The van der Waals surface area contributed by atoms with Crippen molar-refractivity contribution in [3.8, 4) is 0 Å². The van der Waals surface area contributed by atoms with E-state index in [-0.39, 0.29) is 36.7 Å². The van der Waals surface area contributed by atoms with Gasteiger partial charge in [-0.3, -0.25) is 24.1 Å². The predicted octanol–water partition coefficient (Wildman–Crippen LogP) is 2.05. The normalized spacial score (nSPS) is 17.7. The summed E-state index contributed by atoms with van der Waals surface area (Å²) in [7, 11) is 0. The van der Waals surface area contributed by atoms with Gasteiger partial charge in [-0.2, -0.15) is 0 Å². The number of hydrogen-bond donors (Lipinski definition) is 1. The molecule has 0 aromatic heterocycles. The van der Waals surface area contributed by atoms with E-state index in [9.17, 15) is 19.2 Å². The van der Waals surface area contributed by atoms with Crippen molar-refractivity contribution in [3.05, 3.63) is 35.4 Å². The first kappa shape index (κ1) is 19.1. The zero-order valence-corrected chi connectivity index (χ0v) is 15.4. The number of carbonyl (C=O) groups is 4. The van der Waals surface area contributed by atoms with Crippen LogP contribution in [0.15, 0.2) is 24.3 Å². The number of nitrogens with zero attached hydrogens (tertiary/aromatic N) is 1. The third kappa shape index (κ3) is 4.35. The van der Waals surface area contributed by atoms with Crippen molar-refractivity contribution in [3.63, 3.8) is 0 Å². The van der Waals surface area contributed by atoms with Crippen LogP contribution in [0.2, 0.25) is 0 Å². The van der Waals surface area contributed by atoms with Gasteiger partial charge in [-0.05, 0) is 38.3 Å². The number of carbonyl (C=O) groups excluding carboxylic acids is 4. The zero-order valence-electron chi connectivity index (χ0n) is 15.4. The maximum absolute atomic E-state index is 12.3. The molecule has 2 aliphatic rings. The number of rotatable bonds is 7. The molecule has 1 N–H and O–H groups in total. The van der Waals surface area contributed by atoms with Crippen LogP contribution >= 0.6 is 0 Å². The van der Waals surface area contributed by atoms with Gasteiger partial charge in [0, 0.05) is 19.0 Å². The summed E-state index contributed by atoms with van der Waals surface area (Å²) in [5, 5.41) is 2.89. The lowest BCUT2D eigenvalue weighted by Gasteiger charge is -2.17. The second-order valence-corrected chi connectivity index (χ2v) is 7.03. The Kier molecular flexibility index (Phi) is 5.88. The van der Waals surface area contributed by atoms with Gasteiger partial charge < -0.3 is 10.1 Å². The lowest BCUT2D eigenvalue weighted by molar-refractivity contribution is -0.155. The Bertz CT molecular complexity index is 719.